The third kappa shape index (κ3) is 1.63. The fourth-order valence-electron chi connectivity index (χ4n) is 1.30. The zero-order valence-electron chi connectivity index (χ0n) is 7.09. The van der Waals surface area contributed by atoms with Gasteiger partial charge in [-0.2, -0.15) is 0 Å². The molecule has 11 heavy (non-hydrogen) atoms. The second kappa shape index (κ2) is 2.70. The van der Waals surface area contributed by atoms with Crippen molar-refractivity contribution in [2.24, 2.45) is 22.0 Å². The smallest absolute Gasteiger partial charge is 0.203 e. The number of nitrogens with two attached hydrogens (primary N) is 2. The van der Waals surface area contributed by atoms with Gasteiger partial charge in [-0.25, -0.2) is 10.8 Å². The fraction of sp³-hybridized carbons (Fsp3) is 0.857. The lowest BCUT2D eigenvalue weighted by atomic mass is 9.68. The first-order chi connectivity index (χ1) is 5.06. The number of nitrogens with one attached hydrogen (secondary N) is 1. The molecule has 5 N–H and O–H groups in total. The highest BCUT2D eigenvalue weighted by molar-refractivity contribution is 5.77. The van der Waals surface area contributed by atoms with Gasteiger partial charge in [0.05, 0.1) is 6.04 Å². The van der Waals surface area contributed by atoms with Gasteiger partial charge in [-0.15, -0.1) is 0 Å². The Morgan fingerprint density at radius 3 is 2.55 bits per heavy atom. The van der Waals surface area contributed by atoms with Gasteiger partial charge in [0.2, 0.25) is 5.96 Å². The third-order valence-electron chi connectivity index (χ3n) is 2.41. The molecule has 0 amide bonds. The lowest BCUT2D eigenvalue weighted by Gasteiger charge is -2.41. The van der Waals surface area contributed by atoms with E-state index in [0.717, 1.165) is 6.42 Å². The summed E-state index contributed by atoms with van der Waals surface area (Å²) >= 11 is 0. The quantitative estimate of drug-likeness (QED) is 0.216. The summed E-state index contributed by atoms with van der Waals surface area (Å²) in [5.74, 6) is 5.42. The lowest BCUT2D eigenvalue weighted by Crippen LogP contribution is -2.44. The topological polar surface area (TPSA) is 76.4 Å². The van der Waals surface area contributed by atoms with Gasteiger partial charge in [0.15, 0.2) is 0 Å². The normalized spacial score (nSPS) is 29.4. The van der Waals surface area contributed by atoms with Crippen LogP contribution in [0.2, 0.25) is 0 Å². The molecule has 0 saturated heterocycles. The van der Waals surface area contributed by atoms with Gasteiger partial charge in [0, 0.05) is 0 Å². The van der Waals surface area contributed by atoms with Crippen LogP contribution in [0.3, 0.4) is 0 Å². The number of rotatable bonds is 1. The van der Waals surface area contributed by atoms with Crippen molar-refractivity contribution in [2.45, 2.75) is 32.7 Å². The zero-order valence-corrected chi connectivity index (χ0v) is 7.09. The first kappa shape index (κ1) is 8.33. The molecule has 0 radical (unpaired) electrons. The molecule has 4 heteroatoms. The van der Waals surface area contributed by atoms with Crippen molar-refractivity contribution in [2.75, 3.05) is 0 Å². The molecule has 0 aliphatic heterocycles. The highest BCUT2D eigenvalue weighted by Gasteiger charge is 2.38. The Hall–Kier alpha value is -0.770. The Morgan fingerprint density at radius 1 is 1.64 bits per heavy atom. The van der Waals surface area contributed by atoms with E-state index in [2.05, 4.69) is 24.3 Å². The standard InChI is InChI=1S/C7H16N4/c1-7(2)4-3-5(7)10-6(8)11-9/h5H,3-4,9H2,1-2H3,(H3,8,10,11). The summed E-state index contributed by atoms with van der Waals surface area (Å²) in [5, 5.41) is 0. The largest absolute Gasteiger partial charge is 0.369 e. The molecular weight excluding hydrogens is 140 g/mol. The van der Waals surface area contributed by atoms with Gasteiger partial charge in [0.1, 0.15) is 0 Å². The van der Waals surface area contributed by atoms with Gasteiger partial charge < -0.3 is 5.73 Å². The summed E-state index contributed by atoms with van der Waals surface area (Å²) in [5.41, 5.74) is 8.05. The number of hydrazine groups is 1. The first-order valence-corrected chi connectivity index (χ1v) is 3.86. The van der Waals surface area contributed by atoms with E-state index in [4.69, 9.17) is 11.6 Å². The second-order valence-electron chi connectivity index (χ2n) is 3.70. The number of aliphatic imine (C=N–C) groups is 1. The Bertz CT molecular complexity index is 173. The van der Waals surface area contributed by atoms with Crippen molar-refractivity contribution < 1.29 is 0 Å². The van der Waals surface area contributed by atoms with Crippen LogP contribution in [0.4, 0.5) is 0 Å². The minimum absolute atomic E-state index is 0.307. The number of nitrogens with zero attached hydrogens (tertiary/aromatic N) is 1. The molecule has 0 spiro atoms. The molecule has 0 bridgehead atoms. The Labute approximate surface area is 67.0 Å². The van der Waals surface area contributed by atoms with Crippen LogP contribution in [-0.4, -0.2) is 12.0 Å². The van der Waals surface area contributed by atoms with Crippen LogP contribution in [0.25, 0.3) is 0 Å². The van der Waals surface area contributed by atoms with Crippen molar-refractivity contribution in [1.29, 1.82) is 0 Å². The highest BCUT2D eigenvalue weighted by Crippen LogP contribution is 2.42. The van der Waals surface area contributed by atoms with Crippen LogP contribution < -0.4 is 17.0 Å². The maximum Gasteiger partial charge on any atom is 0.203 e. The van der Waals surface area contributed by atoms with Crippen molar-refractivity contribution in [1.82, 2.24) is 5.43 Å². The van der Waals surface area contributed by atoms with Crippen molar-refractivity contribution in [3.63, 3.8) is 0 Å². The van der Waals surface area contributed by atoms with E-state index in [1.165, 1.54) is 6.42 Å². The Morgan fingerprint density at radius 2 is 2.27 bits per heavy atom. The molecule has 0 aromatic rings. The Balaban J connectivity index is 2.51. The van der Waals surface area contributed by atoms with E-state index < -0.39 is 0 Å². The number of guanidine groups is 1. The average molecular weight is 156 g/mol. The highest BCUT2D eigenvalue weighted by atomic mass is 15.3. The lowest BCUT2D eigenvalue weighted by molar-refractivity contribution is 0.145. The minimum Gasteiger partial charge on any atom is -0.369 e. The summed E-state index contributed by atoms with van der Waals surface area (Å²) in [6.45, 7) is 4.38. The van der Waals surface area contributed by atoms with E-state index in [1.807, 2.05) is 0 Å². The predicted octanol–water partition coefficient (Wildman–Crippen LogP) is -0.0470. The molecule has 0 aromatic heterocycles. The monoisotopic (exact) mass is 156 g/mol. The molecule has 1 aliphatic rings. The average Bonchev–Trinajstić information content (AvgIpc) is 1.98. The molecule has 4 nitrogen and oxygen atoms in total. The molecule has 1 aliphatic carbocycles. The van der Waals surface area contributed by atoms with Crippen LogP contribution in [0.5, 0.6) is 0 Å². The maximum atomic E-state index is 5.42. The summed E-state index contributed by atoms with van der Waals surface area (Å²) in [4.78, 5) is 4.21. The van der Waals surface area contributed by atoms with E-state index in [-0.39, 0.29) is 0 Å². The number of hydrogen-bond donors (Lipinski definition) is 3. The third-order valence-corrected chi connectivity index (χ3v) is 2.41. The van der Waals surface area contributed by atoms with Crippen molar-refractivity contribution >= 4 is 5.96 Å². The number of hydrogen-bond acceptors (Lipinski definition) is 2. The molecule has 0 heterocycles. The molecule has 0 aromatic carbocycles. The van der Waals surface area contributed by atoms with Crippen LogP contribution in [0, 0.1) is 5.41 Å². The summed E-state index contributed by atoms with van der Waals surface area (Å²) in [7, 11) is 0. The molecule has 1 atom stereocenters. The van der Waals surface area contributed by atoms with E-state index in [1.54, 1.807) is 0 Å². The Kier molecular flexibility index (Phi) is 2.04. The van der Waals surface area contributed by atoms with E-state index in [0.29, 0.717) is 17.4 Å². The molecule has 1 fully saturated rings. The van der Waals surface area contributed by atoms with Gasteiger partial charge in [-0.05, 0) is 18.3 Å². The first-order valence-electron chi connectivity index (χ1n) is 3.86. The molecule has 64 valence electrons. The fourth-order valence-corrected chi connectivity index (χ4v) is 1.30. The van der Waals surface area contributed by atoms with E-state index >= 15 is 0 Å². The van der Waals surface area contributed by atoms with Gasteiger partial charge in [0.25, 0.3) is 0 Å². The maximum absolute atomic E-state index is 5.42. The van der Waals surface area contributed by atoms with Crippen molar-refractivity contribution in [3.8, 4) is 0 Å². The van der Waals surface area contributed by atoms with Crippen LogP contribution in [-0.2, 0) is 0 Å². The van der Waals surface area contributed by atoms with Gasteiger partial charge in [-0.1, -0.05) is 13.8 Å². The molecular formula is C7H16N4. The van der Waals surface area contributed by atoms with Gasteiger partial charge in [-0.3, -0.25) is 5.43 Å². The molecule has 1 rings (SSSR count). The van der Waals surface area contributed by atoms with Crippen LogP contribution in [0.15, 0.2) is 4.99 Å². The molecule has 1 saturated carbocycles. The second-order valence-corrected chi connectivity index (χ2v) is 3.70. The van der Waals surface area contributed by atoms with Crippen molar-refractivity contribution in [3.05, 3.63) is 0 Å². The zero-order chi connectivity index (χ0) is 8.48. The van der Waals surface area contributed by atoms with Gasteiger partial charge >= 0.3 is 0 Å². The predicted molar refractivity (Wildman–Crippen MR) is 45.7 cm³/mol. The SMILES string of the molecule is CC1(C)CCC1N=C(N)NN. The summed E-state index contributed by atoms with van der Waals surface area (Å²) in [6, 6.07) is 0.346. The summed E-state index contributed by atoms with van der Waals surface area (Å²) in [6.07, 6.45) is 2.34. The van der Waals surface area contributed by atoms with Crippen LogP contribution in [0.1, 0.15) is 26.7 Å². The minimum atomic E-state index is 0.307. The van der Waals surface area contributed by atoms with Crippen LogP contribution >= 0.6 is 0 Å². The molecule has 1 unspecified atom stereocenters. The van der Waals surface area contributed by atoms with E-state index in [9.17, 15) is 0 Å². The summed E-state index contributed by atoms with van der Waals surface area (Å²) < 4.78 is 0.